The number of aryl methyl sites for hydroxylation is 3. The van der Waals surface area contributed by atoms with Crippen LogP contribution in [0.5, 0.6) is 0 Å². The summed E-state index contributed by atoms with van der Waals surface area (Å²) in [6, 6.07) is 21.8. The summed E-state index contributed by atoms with van der Waals surface area (Å²) >= 11 is 1.59. The highest BCUT2D eigenvalue weighted by molar-refractivity contribution is 7.09. The zero-order valence-corrected chi connectivity index (χ0v) is 27.2. The largest absolute Gasteiger partial charge is 0.416 e. The number of hydrogen-bond donors (Lipinski definition) is 3. The Kier molecular flexibility index (Phi) is 15.8. The van der Waals surface area contributed by atoms with E-state index in [1.165, 1.54) is 5.56 Å². The van der Waals surface area contributed by atoms with Gasteiger partial charge in [-0.2, -0.15) is 13.2 Å². The fourth-order valence-corrected chi connectivity index (χ4v) is 4.82. The molecule has 0 bridgehead atoms. The fourth-order valence-electron chi connectivity index (χ4n) is 3.99. The molecule has 45 heavy (non-hydrogen) atoms. The van der Waals surface area contributed by atoms with E-state index in [0.29, 0.717) is 43.8 Å². The quantitative estimate of drug-likeness (QED) is 0.121. The minimum atomic E-state index is -4.35. The number of halogens is 3. The van der Waals surface area contributed by atoms with E-state index < -0.39 is 11.7 Å². The molecule has 1 heterocycles. The molecule has 4 aromatic rings. The molecule has 0 radical (unpaired) electrons. The molecule has 242 valence electrons. The molecule has 11 heteroatoms. The van der Waals surface area contributed by atoms with Crippen LogP contribution in [0.15, 0.2) is 78.2 Å². The van der Waals surface area contributed by atoms with Gasteiger partial charge in [0.2, 0.25) is 6.41 Å². The first-order valence-electron chi connectivity index (χ1n) is 14.4. The van der Waals surface area contributed by atoms with Gasteiger partial charge in [0, 0.05) is 49.5 Å². The van der Waals surface area contributed by atoms with Crippen molar-refractivity contribution in [3.05, 3.63) is 117 Å². The van der Waals surface area contributed by atoms with Crippen molar-refractivity contribution in [1.82, 2.24) is 20.5 Å². The van der Waals surface area contributed by atoms with E-state index in [1.54, 1.807) is 36.4 Å². The highest BCUT2D eigenvalue weighted by Gasteiger charge is 2.31. The number of carbonyl (C=O) groups excluding carboxylic acids is 2. The van der Waals surface area contributed by atoms with Crippen LogP contribution in [0.1, 0.15) is 49.7 Å². The number of nitrogens with one attached hydrogen (secondary N) is 3. The summed E-state index contributed by atoms with van der Waals surface area (Å²) in [5.74, 6) is 0.0338. The fraction of sp³-hybridized carbons (Fsp3) is 0.324. The summed E-state index contributed by atoms with van der Waals surface area (Å²) < 4.78 is 38.2. The molecular weight excluding hydrogens is 599 g/mol. The van der Waals surface area contributed by atoms with Crippen LogP contribution in [0.4, 0.5) is 18.9 Å². The third kappa shape index (κ3) is 14.4. The molecule has 2 amide bonds. The van der Waals surface area contributed by atoms with Crippen molar-refractivity contribution in [2.75, 3.05) is 32.5 Å². The summed E-state index contributed by atoms with van der Waals surface area (Å²) in [7, 11) is 3.39. The minimum absolute atomic E-state index is 0.0338. The highest BCUT2D eigenvalue weighted by atomic mass is 32.1. The summed E-state index contributed by atoms with van der Waals surface area (Å²) in [4.78, 5) is 28.3. The number of aromatic nitrogens is 1. The van der Waals surface area contributed by atoms with Gasteiger partial charge in [-0.15, -0.1) is 11.3 Å². The van der Waals surface area contributed by atoms with E-state index in [1.807, 2.05) is 61.7 Å². The summed E-state index contributed by atoms with van der Waals surface area (Å²) in [5, 5.41) is 11.2. The molecule has 0 aliphatic heterocycles. The Hall–Kier alpha value is -4.22. The molecule has 4 rings (SSSR count). The van der Waals surface area contributed by atoms with E-state index in [0.717, 1.165) is 40.4 Å². The van der Waals surface area contributed by atoms with Gasteiger partial charge >= 0.3 is 6.18 Å². The van der Waals surface area contributed by atoms with E-state index in [-0.39, 0.29) is 5.91 Å². The molecule has 0 aliphatic carbocycles. The number of amides is 2. The Morgan fingerprint density at radius 1 is 0.956 bits per heavy atom. The maximum absolute atomic E-state index is 12.7. The van der Waals surface area contributed by atoms with Crippen molar-refractivity contribution >= 4 is 29.3 Å². The van der Waals surface area contributed by atoms with Crippen LogP contribution in [0, 0.1) is 20.8 Å². The van der Waals surface area contributed by atoms with Gasteiger partial charge in [0.15, 0.2) is 0 Å². The number of hydrogen-bond acceptors (Lipinski definition) is 6. The topological polar surface area (TPSA) is 86.4 Å². The van der Waals surface area contributed by atoms with Crippen molar-refractivity contribution in [2.24, 2.45) is 0 Å². The molecule has 0 aliphatic rings. The lowest BCUT2D eigenvalue weighted by molar-refractivity contribution is -0.137. The number of carbonyl (C=O) groups is 2. The number of alkyl halides is 3. The van der Waals surface area contributed by atoms with Crippen LogP contribution in [0.25, 0.3) is 0 Å². The lowest BCUT2D eigenvalue weighted by atomic mass is 10.1. The Bertz CT molecular complexity index is 1460. The molecule has 7 nitrogen and oxygen atoms in total. The first-order chi connectivity index (χ1) is 21.4. The lowest BCUT2D eigenvalue weighted by Gasteiger charge is -2.15. The number of benzene rings is 3. The first-order valence-corrected chi connectivity index (χ1v) is 15.3. The highest BCUT2D eigenvalue weighted by Crippen LogP contribution is 2.32. The average molecular weight is 642 g/mol. The molecule has 0 fully saturated rings. The lowest BCUT2D eigenvalue weighted by Crippen LogP contribution is -2.26. The van der Waals surface area contributed by atoms with Crippen LogP contribution < -0.4 is 16.0 Å². The van der Waals surface area contributed by atoms with Gasteiger partial charge in [-0.25, -0.2) is 4.98 Å². The summed E-state index contributed by atoms with van der Waals surface area (Å²) in [5.41, 5.74) is 4.48. The number of thiazole rings is 1. The molecule has 3 aromatic carbocycles. The second-order valence-corrected chi connectivity index (χ2v) is 11.3. The molecule has 0 saturated heterocycles. The van der Waals surface area contributed by atoms with E-state index >= 15 is 0 Å². The van der Waals surface area contributed by atoms with Crippen molar-refractivity contribution in [3.8, 4) is 0 Å². The molecule has 0 spiro atoms. The van der Waals surface area contributed by atoms with Gasteiger partial charge < -0.3 is 20.9 Å². The molecule has 3 N–H and O–H groups in total. The van der Waals surface area contributed by atoms with Gasteiger partial charge in [-0.3, -0.25) is 9.59 Å². The third-order valence-corrected chi connectivity index (χ3v) is 7.24. The van der Waals surface area contributed by atoms with E-state index in [2.05, 4.69) is 40.0 Å². The summed E-state index contributed by atoms with van der Waals surface area (Å²) in [6.07, 6.45) is -3.02. The molecule has 0 unspecified atom stereocenters. The number of anilines is 1. The second kappa shape index (κ2) is 19.2. The Labute approximate surface area is 267 Å². The van der Waals surface area contributed by atoms with Gasteiger partial charge in [-0.1, -0.05) is 53.6 Å². The molecule has 0 atom stereocenters. The van der Waals surface area contributed by atoms with Crippen molar-refractivity contribution in [3.63, 3.8) is 0 Å². The average Bonchev–Trinajstić information content (AvgIpc) is 3.43. The normalized spacial score (nSPS) is 10.5. The Morgan fingerprint density at radius 3 is 2.22 bits per heavy atom. The molecular formula is C34H42F3N5O2S. The number of rotatable bonds is 11. The van der Waals surface area contributed by atoms with Gasteiger partial charge in [0.1, 0.15) is 5.01 Å². The molecule has 1 aromatic heterocycles. The monoisotopic (exact) mass is 641 g/mol. The zero-order chi connectivity index (χ0) is 33.2. The predicted octanol–water partition coefficient (Wildman–Crippen LogP) is 7.00. The first kappa shape index (κ1) is 37.0. The van der Waals surface area contributed by atoms with Crippen LogP contribution >= 0.6 is 11.3 Å². The Balaban J connectivity index is 0.000000259. The number of nitrogens with zero attached hydrogens (tertiary/aromatic N) is 2. The molecule has 0 saturated carbocycles. The van der Waals surface area contributed by atoms with Gasteiger partial charge in [0.05, 0.1) is 12.1 Å². The van der Waals surface area contributed by atoms with Crippen molar-refractivity contribution in [1.29, 1.82) is 0 Å². The van der Waals surface area contributed by atoms with Crippen LogP contribution in [-0.4, -0.2) is 49.4 Å². The van der Waals surface area contributed by atoms with Crippen molar-refractivity contribution < 1.29 is 22.8 Å². The minimum Gasteiger partial charge on any atom is -0.388 e. The van der Waals surface area contributed by atoms with Crippen LogP contribution in [0.3, 0.4) is 0 Å². The SMILES string of the molecule is CNc1cc(CNCCCNC=O)cc(C(F)(F)F)c1.Cc1cccc(C(=O)N(C)Cc2nc(C)cs2)c1.Cc1ccccc1. The maximum Gasteiger partial charge on any atom is 0.416 e. The predicted molar refractivity (Wildman–Crippen MR) is 176 cm³/mol. The Morgan fingerprint density at radius 2 is 1.67 bits per heavy atom. The third-order valence-electron chi connectivity index (χ3n) is 6.29. The van der Waals surface area contributed by atoms with Gasteiger partial charge in [-0.05, 0) is 69.6 Å². The van der Waals surface area contributed by atoms with Crippen LogP contribution in [0.2, 0.25) is 0 Å². The zero-order valence-electron chi connectivity index (χ0n) is 26.4. The maximum atomic E-state index is 12.7. The van der Waals surface area contributed by atoms with Crippen LogP contribution in [-0.2, 0) is 24.1 Å². The van der Waals surface area contributed by atoms with E-state index in [9.17, 15) is 22.8 Å². The van der Waals surface area contributed by atoms with E-state index in [4.69, 9.17) is 0 Å². The standard InChI is InChI=1S/C14H16N2OS.C13H18F3N3O.C7H8/c1-10-5-4-6-12(7-10)14(17)16(3)8-13-15-11(2)9-18-13;1-17-12-6-10(5-11(7-12)13(14,15)16)8-18-3-2-4-19-9-20;1-7-5-3-2-4-6-7/h4-7,9H,8H2,1-3H3;5-7,9,17-18H,2-4,8H2,1H3,(H,19,20);2-6H,1H3. The van der Waals surface area contributed by atoms with Crippen molar-refractivity contribution in [2.45, 2.75) is 46.5 Å². The summed E-state index contributed by atoms with van der Waals surface area (Å²) in [6.45, 7) is 8.10. The second-order valence-electron chi connectivity index (χ2n) is 10.3. The van der Waals surface area contributed by atoms with Gasteiger partial charge in [0.25, 0.3) is 5.91 Å². The smallest absolute Gasteiger partial charge is 0.388 e.